The van der Waals surface area contributed by atoms with Gasteiger partial charge in [0.1, 0.15) is 17.5 Å². The van der Waals surface area contributed by atoms with Crippen LogP contribution in [0.5, 0.6) is 0 Å². The molecule has 0 radical (unpaired) electrons. The molecule has 1 aliphatic heterocycles. The number of nitrogens with zero attached hydrogens (tertiary/aromatic N) is 3. The lowest BCUT2D eigenvalue weighted by Crippen LogP contribution is -2.31. The predicted molar refractivity (Wildman–Crippen MR) is 120 cm³/mol. The molecule has 2 heterocycles. The van der Waals surface area contributed by atoms with Gasteiger partial charge in [0.15, 0.2) is 0 Å². The van der Waals surface area contributed by atoms with Crippen LogP contribution in [0.4, 0.5) is 11.6 Å². The number of methoxy groups -OCH3 is 1. The maximum absolute atomic E-state index is 11.8. The number of ether oxygens (including phenoxy) is 1. The molecule has 1 N–H and O–H groups in total. The molecule has 6 nitrogen and oxygen atoms in total. The second kappa shape index (κ2) is 8.38. The van der Waals surface area contributed by atoms with Gasteiger partial charge < -0.3 is 15.0 Å². The van der Waals surface area contributed by atoms with Gasteiger partial charge in [-0.3, -0.25) is 0 Å². The number of esters is 1. The number of aromatic nitrogens is 2. The highest BCUT2D eigenvalue weighted by atomic mass is 16.5. The van der Waals surface area contributed by atoms with Crippen molar-refractivity contribution in [3.8, 4) is 0 Å². The molecule has 6 heteroatoms. The van der Waals surface area contributed by atoms with E-state index in [2.05, 4.69) is 40.5 Å². The number of carbonyl (C=O) groups is 1. The van der Waals surface area contributed by atoms with E-state index < -0.39 is 0 Å². The number of rotatable bonds is 6. The Balaban J connectivity index is 1.37. The van der Waals surface area contributed by atoms with Crippen LogP contribution < -0.4 is 10.2 Å². The lowest BCUT2D eigenvalue weighted by Gasteiger charge is -2.30. The molecule has 0 atom stereocenters. The van der Waals surface area contributed by atoms with Crippen LogP contribution >= 0.6 is 0 Å². The van der Waals surface area contributed by atoms with Crippen molar-refractivity contribution in [1.29, 1.82) is 0 Å². The largest absolute Gasteiger partial charge is 0.465 e. The summed E-state index contributed by atoms with van der Waals surface area (Å²) in [5.41, 5.74) is 4.27. The summed E-state index contributed by atoms with van der Waals surface area (Å²) in [5, 5.41) is 3.48. The number of fused-ring (bicyclic) bond motifs is 1. The van der Waals surface area contributed by atoms with Crippen LogP contribution in [-0.2, 0) is 24.2 Å². The van der Waals surface area contributed by atoms with Crippen LogP contribution in [0.15, 0.2) is 54.6 Å². The molecular formula is C25H26N4O2. The van der Waals surface area contributed by atoms with E-state index in [0.29, 0.717) is 11.5 Å². The Hall–Kier alpha value is -3.41. The Bertz CT molecular complexity index is 1100. The maximum Gasteiger partial charge on any atom is 0.337 e. The van der Waals surface area contributed by atoms with Crippen molar-refractivity contribution < 1.29 is 9.53 Å². The fourth-order valence-electron chi connectivity index (χ4n) is 4.01. The smallest absolute Gasteiger partial charge is 0.337 e. The van der Waals surface area contributed by atoms with Crippen LogP contribution in [-0.4, -0.2) is 29.6 Å². The molecule has 1 aromatic heterocycles. The third-order valence-electron chi connectivity index (χ3n) is 5.95. The molecule has 1 aliphatic carbocycles. The van der Waals surface area contributed by atoms with Crippen LogP contribution in [0.25, 0.3) is 0 Å². The van der Waals surface area contributed by atoms with Gasteiger partial charge >= 0.3 is 5.97 Å². The molecule has 5 rings (SSSR count). The van der Waals surface area contributed by atoms with Gasteiger partial charge in [-0.1, -0.05) is 36.4 Å². The molecule has 0 amide bonds. The topological polar surface area (TPSA) is 67.3 Å². The van der Waals surface area contributed by atoms with Gasteiger partial charge in [0.05, 0.1) is 12.7 Å². The monoisotopic (exact) mass is 414 g/mol. The zero-order chi connectivity index (χ0) is 21.2. The van der Waals surface area contributed by atoms with Gasteiger partial charge in [-0.15, -0.1) is 0 Å². The predicted octanol–water partition coefficient (Wildman–Crippen LogP) is 4.32. The lowest BCUT2D eigenvalue weighted by atomic mass is 9.97. The molecule has 0 spiro atoms. The molecule has 158 valence electrons. The molecule has 2 aliphatic rings. The van der Waals surface area contributed by atoms with Gasteiger partial charge in [-0.05, 0) is 48.1 Å². The van der Waals surface area contributed by atoms with Crippen molar-refractivity contribution in [2.75, 3.05) is 23.9 Å². The minimum Gasteiger partial charge on any atom is -0.465 e. The number of carbonyl (C=O) groups excluding carboxylic acids is 1. The Labute approximate surface area is 182 Å². The van der Waals surface area contributed by atoms with E-state index in [1.54, 1.807) is 0 Å². The molecule has 3 aromatic rings. The molecule has 31 heavy (non-hydrogen) atoms. The summed E-state index contributed by atoms with van der Waals surface area (Å²) in [6.07, 6.45) is 3.21. The summed E-state index contributed by atoms with van der Waals surface area (Å²) in [5.74, 6) is 2.98. The quantitative estimate of drug-likeness (QED) is 0.606. The van der Waals surface area contributed by atoms with Gasteiger partial charge in [-0.2, -0.15) is 0 Å². The Morgan fingerprint density at radius 2 is 1.94 bits per heavy atom. The average molecular weight is 415 g/mol. The second-order valence-corrected chi connectivity index (χ2v) is 8.23. The molecular weight excluding hydrogens is 388 g/mol. The molecule has 0 bridgehead atoms. The first-order valence-corrected chi connectivity index (χ1v) is 10.8. The average Bonchev–Trinajstić information content (AvgIpc) is 3.68. The van der Waals surface area contributed by atoms with Crippen LogP contribution in [0.1, 0.15) is 51.6 Å². The molecule has 2 aromatic carbocycles. The summed E-state index contributed by atoms with van der Waals surface area (Å²) < 4.78 is 4.85. The summed E-state index contributed by atoms with van der Waals surface area (Å²) >= 11 is 0. The van der Waals surface area contributed by atoms with E-state index in [-0.39, 0.29) is 5.97 Å². The van der Waals surface area contributed by atoms with Crippen molar-refractivity contribution in [1.82, 2.24) is 9.97 Å². The molecule has 1 saturated carbocycles. The highest BCUT2D eigenvalue weighted by Crippen LogP contribution is 2.39. The maximum atomic E-state index is 11.8. The number of benzene rings is 2. The first-order chi connectivity index (χ1) is 15.2. The van der Waals surface area contributed by atoms with Crippen molar-refractivity contribution in [2.24, 2.45) is 0 Å². The first kappa shape index (κ1) is 19.5. The molecule has 1 fully saturated rings. The van der Waals surface area contributed by atoms with Crippen LogP contribution in [0.2, 0.25) is 0 Å². The van der Waals surface area contributed by atoms with Gasteiger partial charge in [-0.25, -0.2) is 14.8 Å². The van der Waals surface area contributed by atoms with Gasteiger partial charge in [0.2, 0.25) is 0 Å². The van der Waals surface area contributed by atoms with Crippen molar-refractivity contribution in [2.45, 2.75) is 38.3 Å². The zero-order valence-corrected chi connectivity index (χ0v) is 17.7. The third kappa shape index (κ3) is 4.38. The standard InChI is InChI=1S/C25H26N4O2/c1-31-25(30)20-9-10-21-16-29(12-11-19(21)13-20)23-14-22(27-24(28-23)18-7-8-18)26-15-17-5-3-2-4-6-17/h2-6,9-10,13-14,18H,7-8,11-12,15-16H2,1H3,(H,26,27,28). The fourth-order valence-corrected chi connectivity index (χ4v) is 4.01. The summed E-state index contributed by atoms with van der Waals surface area (Å²) in [7, 11) is 1.42. The van der Waals surface area contributed by atoms with Crippen molar-refractivity contribution >= 4 is 17.6 Å². The minimum absolute atomic E-state index is 0.288. The summed E-state index contributed by atoms with van der Waals surface area (Å²) in [6.45, 7) is 2.37. The number of hydrogen-bond donors (Lipinski definition) is 1. The summed E-state index contributed by atoms with van der Waals surface area (Å²) in [6, 6.07) is 18.2. The number of anilines is 2. The number of nitrogens with one attached hydrogen (secondary N) is 1. The van der Waals surface area contributed by atoms with Crippen LogP contribution in [0.3, 0.4) is 0 Å². The lowest BCUT2D eigenvalue weighted by molar-refractivity contribution is 0.0600. The normalized spacial score (nSPS) is 15.3. The highest BCUT2D eigenvalue weighted by molar-refractivity contribution is 5.89. The van der Waals surface area contributed by atoms with E-state index in [4.69, 9.17) is 14.7 Å². The SMILES string of the molecule is COC(=O)c1ccc2c(c1)CCN(c1cc(NCc3ccccc3)nc(C3CC3)n1)C2. The molecule has 0 unspecified atom stereocenters. The fraction of sp³-hybridized carbons (Fsp3) is 0.320. The van der Waals surface area contributed by atoms with Crippen molar-refractivity contribution in [3.63, 3.8) is 0 Å². The van der Waals surface area contributed by atoms with E-state index in [9.17, 15) is 4.79 Å². The summed E-state index contributed by atoms with van der Waals surface area (Å²) in [4.78, 5) is 23.8. The van der Waals surface area contributed by atoms with Crippen molar-refractivity contribution in [3.05, 3.63) is 82.7 Å². The highest BCUT2D eigenvalue weighted by Gasteiger charge is 2.28. The molecule has 0 saturated heterocycles. The van der Waals surface area contributed by atoms with Crippen LogP contribution in [0, 0.1) is 0 Å². The minimum atomic E-state index is -0.288. The van der Waals surface area contributed by atoms with E-state index >= 15 is 0 Å². The zero-order valence-electron chi connectivity index (χ0n) is 17.7. The first-order valence-electron chi connectivity index (χ1n) is 10.8. The Morgan fingerprint density at radius 3 is 2.71 bits per heavy atom. The second-order valence-electron chi connectivity index (χ2n) is 8.23. The Morgan fingerprint density at radius 1 is 1.10 bits per heavy atom. The van der Waals surface area contributed by atoms with Gasteiger partial charge in [0.25, 0.3) is 0 Å². The van der Waals surface area contributed by atoms with E-state index in [1.165, 1.54) is 36.6 Å². The number of hydrogen-bond acceptors (Lipinski definition) is 6. The van der Waals surface area contributed by atoms with E-state index in [0.717, 1.165) is 43.5 Å². The third-order valence-corrected chi connectivity index (χ3v) is 5.95. The van der Waals surface area contributed by atoms with Gasteiger partial charge in [0, 0.05) is 31.6 Å². The Kier molecular flexibility index (Phi) is 5.28. The van der Waals surface area contributed by atoms with E-state index in [1.807, 2.05) is 24.3 Å².